The van der Waals surface area contributed by atoms with Gasteiger partial charge in [0.25, 0.3) is 0 Å². The van der Waals surface area contributed by atoms with Gasteiger partial charge in [-0.3, -0.25) is 9.59 Å². The fourth-order valence-electron chi connectivity index (χ4n) is 2.86. The number of benzene rings is 2. The molecule has 24 heavy (non-hydrogen) atoms. The number of amides is 2. The first kappa shape index (κ1) is 16.8. The Labute approximate surface area is 150 Å². The zero-order valence-electron chi connectivity index (χ0n) is 13.1. The molecule has 0 atom stereocenters. The highest BCUT2D eigenvalue weighted by Gasteiger charge is 2.26. The summed E-state index contributed by atoms with van der Waals surface area (Å²) in [5, 5.41) is 0.753. The lowest BCUT2D eigenvalue weighted by Crippen LogP contribution is -2.41. The van der Waals surface area contributed by atoms with Gasteiger partial charge in [0.05, 0.1) is 10.0 Å². The molecule has 0 saturated carbocycles. The Kier molecular flexibility index (Phi) is 4.78. The molecule has 1 aliphatic heterocycles. The number of anilines is 2. The minimum Gasteiger partial charge on any atom is -0.310 e. The van der Waals surface area contributed by atoms with E-state index in [4.69, 9.17) is 23.2 Å². The minimum absolute atomic E-state index is 0.0401. The van der Waals surface area contributed by atoms with Crippen LogP contribution in [-0.2, 0) is 16.0 Å². The fourth-order valence-corrected chi connectivity index (χ4v) is 3.15. The molecule has 2 aromatic carbocycles. The van der Waals surface area contributed by atoms with Gasteiger partial charge >= 0.3 is 0 Å². The third kappa shape index (κ3) is 3.25. The van der Waals surface area contributed by atoms with Crippen LogP contribution >= 0.6 is 23.2 Å². The minimum atomic E-state index is -0.228. The largest absolute Gasteiger partial charge is 0.310 e. The van der Waals surface area contributed by atoms with Crippen molar-refractivity contribution in [1.82, 2.24) is 0 Å². The second kappa shape index (κ2) is 6.83. The fraction of sp³-hybridized carbons (Fsp3) is 0.222. The van der Waals surface area contributed by atoms with E-state index < -0.39 is 0 Å². The smallest absolute Gasteiger partial charge is 0.247 e. The first-order chi connectivity index (χ1) is 11.5. The van der Waals surface area contributed by atoms with Crippen molar-refractivity contribution in [2.24, 2.45) is 0 Å². The third-order valence-corrected chi connectivity index (χ3v) is 4.82. The molecule has 0 unspecified atom stereocenters. The van der Waals surface area contributed by atoms with E-state index in [9.17, 15) is 9.59 Å². The van der Waals surface area contributed by atoms with Gasteiger partial charge in [0, 0.05) is 24.8 Å². The normalized spacial score (nSPS) is 12.9. The number of para-hydroxylation sites is 1. The van der Waals surface area contributed by atoms with E-state index >= 15 is 0 Å². The van der Waals surface area contributed by atoms with Crippen LogP contribution in [0.15, 0.2) is 42.5 Å². The average molecular weight is 363 g/mol. The van der Waals surface area contributed by atoms with Crippen LogP contribution in [0.3, 0.4) is 0 Å². The maximum absolute atomic E-state index is 12.7. The third-order valence-electron chi connectivity index (χ3n) is 4.08. The van der Waals surface area contributed by atoms with Crippen molar-refractivity contribution in [2.45, 2.75) is 13.3 Å². The monoisotopic (exact) mass is 362 g/mol. The molecule has 3 rings (SSSR count). The lowest BCUT2D eigenvalue weighted by Gasteiger charge is -2.25. The number of nitrogens with zero attached hydrogens (tertiary/aromatic N) is 2. The van der Waals surface area contributed by atoms with Gasteiger partial charge in [-0.15, -0.1) is 0 Å². The lowest BCUT2D eigenvalue weighted by atomic mass is 10.2. The summed E-state index contributed by atoms with van der Waals surface area (Å²) in [5.41, 5.74) is 2.62. The lowest BCUT2D eigenvalue weighted by molar-refractivity contribution is -0.121. The molecular formula is C18H16Cl2N2O2. The molecule has 2 aromatic rings. The first-order valence-electron chi connectivity index (χ1n) is 7.59. The maximum atomic E-state index is 12.7. The highest BCUT2D eigenvalue weighted by Crippen LogP contribution is 2.29. The van der Waals surface area contributed by atoms with Crippen LogP contribution < -0.4 is 9.80 Å². The zero-order valence-corrected chi connectivity index (χ0v) is 14.6. The topological polar surface area (TPSA) is 40.6 Å². The number of rotatable bonds is 3. The van der Waals surface area contributed by atoms with Crippen molar-refractivity contribution < 1.29 is 9.59 Å². The number of carbonyl (C=O) groups excluding carboxylic acids is 2. The quantitative estimate of drug-likeness (QED) is 0.829. The second-order valence-corrected chi connectivity index (χ2v) is 6.44. The Balaban J connectivity index is 1.83. The Morgan fingerprint density at radius 1 is 1.12 bits per heavy atom. The number of halogens is 2. The van der Waals surface area contributed by atoms with Gasteiger partial charge in [-0.05, 0) is 36.2 Å². The molecule has 6 heteroatoms. The van der Waals surface area contributed by atoms with Gasteiger partial charge in [-0.2, -0.15) is 0 Å². The summed E-state index contributed by atoms with van der Waals surface area (Å²) in [4.78, 5) is 27.9. The van der Waals surface area contributed by atoms with Crippen LogP contribution in [0, 0.1) is 0 Å². The summed E-state index contributed by atoms with van der Waals surface area (Å²) in [5.74, 6) is -0.351. The van der Waals surface area contributed by atoms with E-state index in [1.807, 2.05) is 24.3 Å². The van der Waals surface area contributed by atoms with Crippen molar-refractivity contribution in [2.75, 3.05) is 22.9 Å². The molecule has 0 N–H and O–H groups in total. The van der Waals surface area contributed by atoms with Crippen molar-refractivity contribution in [3.63, 3.8) is 0 Å². The van der Waals surface area contributed by atoms with Crippen molar-refractivity contribution >= 4 is 46.4 Å². The zero-order chi connectivity index (χ0) is 17.3. The molecule has 124 valence electrons. The standard InChI is InChI=1S/C18H16Cl2N2O2/c1-12(23)22(14-6-7-15(19)16(20)10-14)11-18(24)21-9-8-13-4-2-3-5-17(13)21/h2-7,10H,8-9,11H2,1H3. The van der Waals surface area contributed by atoms with Crippen LogP contribution in [0.2, 0.25) is 10.0 Å². The Morgan fingerprint density at radius 2 is 1.88 bits per heavy atom. The first-order valence-corrected chi connectivity index (χ1v) is 8.34. The summed E-state index contributed by atoms with van der Waals surface area (Å²) < 4.78 is 0. The summed E-state index contributed by atoms with van der Waals surface area (Å²) in [7, 11) is 0. The predicted octanol–water partition coefficient (Wildman–Crippen LogP) is 3.94. The van der Waals surface area contributed by atoms with Gasteiger partial charge in [0.1, 0.15) is 6.54 Å². The number of hydrogen-bond donors (Lipinski definition) is 0. The highest BCUT2D eigenvalue weighted by atomic mass is 35.5. The van der Waals surface area contributed by atoms with Crippen molar-refractivity contribution in [3.05, 3.63) is 58.1 Å². The van der Waals surface area contributed by atoms with E-state index in [-0.39, 0.29) is 18.4 Å². The average Bonchev–Trinajstić information content (AvgIpc) is 2.99. The van der Waals surface area contributed by atoms with Crippen molar-refractivity contribution in [1.29, 1.82) is 0 Å². The molecule has 0 spiro atoms. The van der Waals surface area contributed by atoms with E-state index in [0.717, 1.165) is 17.7 Å². The van der Waals surface area contributed by atoms with E-state index in [1.54, 1.807) is 23.1 Å². The van der Waals surface area contributed by atoms with Gasteiger partial charge in [0.2, 0.25) is 11.8 Å². The maximum Gasteiger partial charge on any atom is 0.247 e. The Hall–Kier alpha value is -2.04. The van der Waals surface area contributed by atoms with Gasteiger partial charge < -0.3 is 9.80 Å². The van der Waals surface area contributed by atoms with Crippen LogP contribution in [0.1, 0.15) is 12.5 Å². The number of carbonyl (C=O) groups is 2. The molecule has 0 bridgehead atoms. The van der Waals surface area contributed by atoms with E-state index in [2.05, 4.69) is 0 Å². The van der Waals surface area contributed by atoms with Crippen LogP contribution in [0.25, 0.3) is 0 Å². The molecule has 0 aliphatic carbocycles. The Morgan fingerprint density at radius 3 is 2.58 bits per heavy atom. The van der Waals surface area contributed by atoms with Gasteiger partial charge in [0.15, 0.2) is 0 Å². The van der Waals surface area contributed by atoms with E-state index in [1.165, 1.54) is 11.8 Å². The molecule has 0 radical (unpaired) electrons. The molecule has 1 heterocycles. The summed E-state index contributed by atoms with van der Waals surface area (Å²) in [6.07, 6.45) is 0.828. The molecule has 4 nitrogen and oxygen atoms in total. The summed E-state index contributed by atoms with van der Waals surface area (Å²) >= 11 is 11.9. The molecule has 2 amide bonds. The molecular weight excluding hydrogens is 347 g/mol. The molecule has 1 aliphatic rings. The van der Waals surface area contributed by atoms with E-state index in [0.29, 0.717) is 22.3 Å². The predicted molar refractivity (Wildman–Crippen MR) is 97.0 cm³/mol. The molecule has 0 saturated heterocycles. The second-order valence-electron chi connectivity index (χ2n) is 5.63. The van der Waals surface area contributed by atoms with Gasteiger partial charge in [-0.1, -0.05) is 41.4 Å². The number of hydrogen-bond acceptors (Lipinski definition) is 2. The molecule has 0 fully saturated rings. The van der Waals surface area contributed by atoms with Crippen LogP contribution in [0.4, 0.5) is 11.4 Å². The van der Waals surface area contributed by atoms with Gasteiger partial charge in [-0.25, -0.2) is 0 Å². The molecule has 0 aromatic heterocycles. The highest BCUT2D eigenvalue weighted by molar-refractivity contribution is 6.42. The SMILES string of the molecule is CC(=O)N(CC(=O)N1CCc2ccccc21)c1ccc(Cl)c(Cl)c1. The summed E-state index contributed by atoms with van der Waals surface area (Å²) in [6.45, 7) is 2.01. The number of fused-ring (bicyclic) bond motifs is 1. The van der Waals surface area contributed by atoms with Crippen LogP contribution in [0.5, 0.6) is 0 Å². The summed E-state index contributed by atoms with van der Waals surface area (Å²) in [6, 6.07) is 12.7. The van der Waals surface area contributed by atoms with Crippen LogP contribution in [-0.4, -0.2) is 24.9 Å². The Bertz CT molecular complexity index is 807. The van der Waals surface area contributed by atoms with Crippen molar-refractivity contribution in [3.8, 4) is 0 Å².